The molecule has 1 heterocycles. The number of aliphatic hydroxyl groups is 1. The Bertz CT molecular complexity index is 1200. The number of nitrogens with one attached hydrogen (secondary N) is 3. The van der Waals surface area contributed by atoms with E-state index in [0.717, 1.165) is 61.3 Å². The van der Waals surface area contributed by atoms with Gasteiger partial charge >= 0.3 is 0 Å². The van der Waals surface area contributed by atoms with Crippen molar-refractivity contribution < 1.29 is 9.84 Å². The fourth-order valence-corrected chi connectivity index (χ4v) is 8.34. The minimum atomic E-state index is -0.481. The van der Waals surface area contributed by atoms with Gasteiger partial charge in [-0.3, -0.25) is 0 Å². The maximum Gasteiger partial charge on any atom is 0.224 e. The van der Waals surface area contributed by atoms with Crippen molar-refractivity contribution in [2.45, 2.75) is 88.9 Å². The van der Waals surface area contributed by atoms with E-state index in [9.17, 15) is 10.4 Å². The standard InChI is InChI=1S/C31H42N6O2/c1-30(38)9-7-25(8-10-30)36-27-22-11-20-12-23(27)15-31(13-20,14-22)19-35-28-24(16-32)18-34-29(37-28)33-17-21-5-3-4-6-26(21)39-2/h3-6,18,20,22-23,25,27,36,38H,7-15,17,19H2,1-2H3,(H2,33,34,35,37)/t20?,22-,23+,25?,27+,30?,31-. The smallest absolute Gasteiger partial charge is 0.224 e. The Balaban J connectivity index is 1.10. The SMILES string of the molecule is COc1ccccc1CNc1ncc(C#N)c(NC[C@]23CC4C[C@H](C2)[C@H](NC2CCC(C)(O)CC2)[C@@H](C4)C3)n1. The van der Waals surface area contributed by atoms with Gasteiger partial charge in [-0.15, -0.1) is 0 Å². The number of para-hydroxylation sites is 1. The summed E-state index contributed by atoms with van der Waals surface area (Å²) in [7, 11) is 1.67. The van der Waals surface area contributed by atoms with Gasteiger partial charge in [-0.1, -0.05) is 18.2 Å². The maximum atomic E-state index is 10.4. The van der Waals surface area contributed by atoms with Crippen LogP contribution in [0.3, 0.4) is 0 Å². The van der Waals surface area contributed by atoms with Gasteiger partial charge in [-0.05, 0) is 93.9 Å². The van der Waals surface area contributed by atoms with E-state index in [1.807, 2.05) is 31.2 Å². The van der Waals surface area contributed by atoms with Crippen LogP contribution in [0.1, 0.15) is 75.8 Å². The zero-order valence-electron chi connectivity index (χ0n) is 23.2. The average Bonchev–Trinajstić information content (AvgIpc) is 2.93. The van der Waals surface area contributed by atoms with Crippen molar-refractivity contribution in [1.29, 1.82) is 5.26 Å². The minimum Gasteiger partial charge on any atom is -0.496 e. The maximum absolute atomic E-state index is 10.4. The van der Waals surface area contributed by atoms with Crippen LogP contribution in [0.25, 0.3) is 0 Å². The molecule has 5 fully saturated rings. The van der Waals surface area contributed by atoms with Gasteiger partial charge in [0.15, 0.2) is 0 Å². The van der Waals surface area contributed by atoms with Crippen molar-refractivity contribution in [2.75, 3.05) is 24.3 Å². The summed E-state index contributed by atoms with van der Waals surface area (Å²) in [5.74, 6) is 4.20. The molecule has 2 aromatic rings. The number of rotatable bonds is 9. The van der Waals surface area contributed by atoms with E-state index < -0.39 is 5.60 Å². The van der Waals surface area contributed by atoms with Crippen LogP contribution in [-0.4, -0.2) is 46.4 Å². The zero-order valence-corrected chi connectivity index (χ0v) is 23.2. The second-order valence-electron chi connectivity index (χ2n) is 13.0. The summed E-state index contributed by atoms with van der Waals surface area (Å²) in [4.78, 5) is 9.09. The largest absolute Gasteiger partial charge is 0.496 e. The van der Waals surface area contributed by atoms with E-state index >= 15 is 0 Å². The summed E-state index contributed by atoms with van der Waals surface area (Å²) in [5, 5.41) is 31.1. The number of nitriles is 1. The molecule has 8 nitrogen and oxygen atoms in total. The van der Waals surface area contributed by atoms with Gasteiger partial charge in [0.25, 0.3) is 0 Å². The molecule has 4 N–H and O–H groups in total. The lowest BCUT2D eigenvalue weighted by Crippen LogP contribution is -2.61. The molecule has 1 unspecified atom stereocenters. The van der Waals surface area contributed by atoms with Gasteiger partial charge < -0.3 is 25.8 Å². The van der Waals surface area contributed by atoms with E-state index in [0.29, 0.717) is 36.0 Å². The summed E-state index contributed by atoms with van der Waals surface area (Å²) in [6.45, 7) is 3.38. The van der Waals surface area contributed by atoms with Crippen molar-refractivity contribution in [3.8, 4) is 11.8 Å². The number of benzene rings is 1. The highest BCUT2D eigenvalue weighted by Gasteiger charge is 2.55. The van der Waals surface area contributed by atoms with E-state index in [4.69, 9.17) is 9.72 Å². The summed E-state index contributed by atoms with van der Waals surface area (Å²) < 4.78 is 5.46. The van der Waals surface area contributed by atoms with E-state index in [1.165, 1.54) is 32.1 Å². The first-order chi connectivity index (χ1) is 18.9. The number of aromatic nitrogens is 2. The van der Waals surface area contributed by atoms with Crippen LogP contribution in [-0.2, 0) is 6.54 Å². The molecular weight excluding hydrogens is 488 g/mol. The first kappa shape index (κ1) is 26.3. The predicted molar refractivity (Wildman–Crippen MR) is 151 cm³/mol. The van der Waals surface area contributed by atoms with Gasteiger partial charge in [0.05, 0.1) is 18.9 Å². The number of hydrogen-bond acceptors (Lipinski definition) is 8. The number of ether oxygens (including phenoxy) is 1. The second kappa shape index (κ2) is 10.6. The lowest BCUT2D eigenvalue weighted by molar-refractivity contribution is -0.0755. The molecule has 0 spiro atoms. The van der Waals surface area contributed by atoms with Crippen LogP contribution < -0.4 is 20.7 Å². The summed E-state index contributed by atoms with van der Waals surface area (Å²) in [6.07, 6.45) is 12.0. The first-order valence-electron chi connectivity index (χ1n) is 14.7. The minimum absolute atomic E-state index is 0.271. The highest BCUT2D eigenvalue weighted by Crippen LogP contribution is 2.60. The Kier molecular flexibility index (Phi) is 7.15. The molecule has 5 aliphatic rings. The molecule has 5 aliphatic carbocycles. The van der Waals surface area contributed by atoms with Crippen molar-refractivity contribution in [2.24, 2.45) is 23.2 Å². The molecule has 4 bridgehead atoms. The number of methoxy groups -OCH3 is 1. The van der Waals surface area contributed by atoms with E-state index in [1.54, 1.807) is 13.3 Å². The van der Waals surface area contributed by atoms with E-state index in [2.05, 4.69) is 27.0 Å². The lowest BCUT2D eigenvalue weighted by Gasteiger charge is -2.61. The van der Waals surface area contributed by atoms with Gasteiger partial charge in [-0.2, -0.15) is 10.2 Å². The Morgan fingerprint density at radius 2 is 1.85 bits per heavy atom. The van der Waals surface area contributed by atoms with Crippen molar-refractivity contribution >= 4 is 11.8 Å². The van der Waals surface area contributed by atoms with Crippen molar-refractivity contribution in [1.82, 2.24) is 15.3 Å². The molecule has 1 aromatic heterocycles. The molecule has 7 rings (SSSR count). The van der Waals surface area contributed by atoms with Crippen molar-refractivity contribution in [3.05, 3.63) is 41.6 Å². The lowest BCUT2D eigenvalue weighted by atomic mass is 9.47. The molecule has 0 saturated heterocycles. The quantitative estimate of drug-likeness (QED) is 0.363. The topological polar surface area (TPSA) is 115 Å². The van der Waals surface area contributed by atoms with Gasteiger partial charge in [0.2, 0.25) is 5.95 Å². The van der Waals surface area contributed by atoms with Gasteiger partial charge in [-0.25, -0.2) is 4.98 Å². The van der Waals surface area contributed by atoms with Crippen LogP contribution in [0.2, 0.25) is 0 Å². The summed E-state index contributed by atoms with van der Waals surface area (Å²) >= 11 is 0. The molecular formula is C31H42N6O2. The normalized spacial score (nSPS) is 34.9. The molecule has 1 aromatic carbocycles. The van der Waals surface area contributed by atoms with E-state index in [-0.39, 0.29) is 5.41 Å². The van der Waals surface area contributed by atoms with Crippen molar-refractivity contribution in [3.63, 3.8) is 0 Å². The highest BCUT2D eigenvalue weighted by atomic mass is 16.5. The number of nitrogens with zero attached hydrogens (tertiary/aromatic N) is 3. The molecule has 0 aliphatic heterocycles. The zero-order chi connectivity index (χ0) is 27.0. The second-order valence-corrected chi connectivity index (χ2v) is 13.0. The van der Waals surface area contributed by atoms with Gasteiger partial charge in [0, 0.05) is 30.7 Å². The van der Waals surface area contributed by atoms with Crippen LogP contribution in [0.4, 0.5) is 11.8 Å². The van der Waals surface area contributed by atoms with Crippen LogP contribution in [0.5, 0.6) is 5.75 Å². The third kappa shape index (κ3) is 5.57. The summed E-state index contributed by atoms with van der Waals surface area (Å²) in [6, 6.07) is 11.3. The predicted octanol–water partition coefficient (Wildman–Crippen LogP) is 4.86. The average molecular weight is 531 g/mol. The first-order valence-corrected chi connectivity index (χ1v) is 14.7. The molecule has 0 radical (unpaired) electrons. The molecule has 39 heavy (non-hydrogen) atoms. The molecule has 0 amide bonds. The van der Waals surface area contributed by atoms with Crippen LogP contribution in [0, 0.1) is 34.5 Å². The Morgan fingerprint density at radius 1 is 1.10 bits per heavy atom. The Morgan fingerprint density at radius 3 is 2.56 bits per heavy atom. The Labute approximate surface area is 232 Å². The molecule has 5 atom stereocenters. The highest BCUT2D eigenvalue weighted by molar-refractivity contribution is 5.53. The third-order valence-electron chi connectivity index (χ3n) is 10.1. The molecule has 8 heteroatoms. The molecule has 5 saturated carbocycles. The summed E-state index contributed by atoms with van der Waals surface area (Å²) in [5.41, 5.74) is 1.30. The monoisotopic (exact) mass is 530 g/mol. The van der Waals surface area contributed by atoms with Gasteiger partial charge in [0.1, 0.15) is 23.2 Å². The fourth-order valence-electron chi connectivity index (χ4n) is 8.34. The number of hydrogen-bond donors (Lipinski definition) is 4. The number of anilines is 2. The third-order valence-corrected chi connectivity index (χ3v) is 10.1. The van der Waals surface area contributed by atoms with Crippen LogP contribution in [0.15, 0.2) is 30.5 Å². The fraction of sp³-hybridized carbons (Fsp3) is 0.645. The van der Waals surface area contributed by atoms with Crippen LogP contribution >= 0.6 is 0 Å². The molecule has 208 valence electrons. The Hall–Kier alpha value is -2.89.